The van der Waals surface area contributed by atoms with Crippen LogP contribution in [0.5, 0.6) is 5.88 Å². The van der Waals surface area contributed by atoms with E-state index in [1.807, 2.05) is 31.2 Å². The molecule has 0 aliphatic carbocycles. The molecule has 3 nitrogen and oxygen atoms in total. The van der Waals surface area contributed by atoms with E-state index in [1.165, 1.54) is 5.56 Å². The fourth-order valence-electron chi connectivity index (χ4n) is 2.98. The Bertz CT molecular complexity index is 950. The number of fused-ring (bicyclic) bond motifs is 1. The first-order valence-electron chi connectivity index (χ1n) is 8.99. The predicted octanol–water partition coefficient (Wildman–Crippen LogP) is 5.80. The van der Waals surface area contributed by atoms with Gasteiger partial charge in [-0.1, -0.05) is 51.1 Å². The van der Waals surface area contributed by atoms with Crippen molar-refractivity contribution in [1.82, 2.24) is 4.98 Å². The van der Waals surface area contributed by atoms with E-state index in [4.69, 9.17) is 9.72 Å². The maximum absolute atomic E-state index is 11.7. The van der Waals surface area contributed by atoms with Gasteiger partial charge in [0.05, 0.1) is 12.3 Å². The smallest absolute Gasteiger partial charge is 0.221 e. The molecule has 1 heterocycles. The summed E-state index contributed by atoms with van der Waals surface area (Å²) in [6, 6.07) is 16.2. The standard InChI is InChI=1S/C23H25NO2/c1-6-26-22-20-12-9-17(15(2)25)13-18(20)14-21(24-22)16-7-10-19(11-8-16)23(3,4)5/h7-14H,6H2,1-5H3. The number of pyridine rings is 1. The fraction of sp³-hybridized carbons (Fsp3) is 0.304. The molecular weight excluding hydrogens is 322 g/mol. The van der Waals surface area contributed by atoms with Crippen LogP contribution in [0.25, 0.3) is 22.0 Å². The maximum atomic E-state index is 11.7. The first-order valence-corrected chi connectivity index (χ1v) is 8.99. The van der Waals surface area contributed by atoms with E-state index in [1.54, 1.807) is 6.92 Å². The molecule has 0 saturated heterocycles. The van der Waals surface area contributed by atoms with Crippen molar-refractivity contribution in [3.63, 3.8) is 0 Å². The molecule has 0 aliphatic heterocycles. The molecule has 0 radical (unpaired) electrons. The van der Waals surface area contributed by atoms with E-state index < -0.39 is 0 Å². The van der Waals surface area contributed by atoms with Gasteiger partial charge < -0.3 is 4.74 Å². The number of Topliss-reactive ketones (excluding diaryl/α,β-unsaturated/α-hetero) is 1. The molecule has 3 rings (SSSR count). The molecular formula is C23H25NO2. The fourth-order valence-corrected chi connectivity index (χ4v) is 2.98. The Morgan fingerprint density at radius 1 is 1.04 bits per heavy atom. The van der Waals surface area contributed by atoms with Gasteiger partial charge in [-0.3, -0.25) is 4.79 Å². The van der Waals surface area contributed by atoms with Crippen LogP contribution in [0, 0.1) is 0 Å². The van der Waals surface area contributed by atoms with E-state index >= 15 is 0 Å². The Kier molecular flexibility index (Phi) is 4.82. The van der Waals surface area contributed by atoms with Gasteiger partial charge in [-0.25, -0.2) is 4.98 Å². The number of benzene rings is 2. The molecule has 134 valence electrons. The molecule has 3 aromatic rings. The van der Waals surface area contributed by atoms with Gasteiger partial charge in [0, 0.05) is 16.5 Å². The lowest BCUT2D eigenvalue weighted by Crippen LogP contribution is -2.10. The highest BCUT2D eigenvalue weighted by atomic mass is 16.5. The second-order valence-electron chi connectivity index (χ2n) is 7.57. The minimum Gasteiger partial charge on any atom is -0.478 e. The second-order valence-corrected chi connectivity index (χ2v) is 7.57. The largest absolute Gasteiger partial charge is 0.478 e. The van der Waals surface area contributed by atoms with Gasteiger partial charge >= 0.3 is 0 Å². The number of rotatable bonds is 4. The molecule has 0 spiro atoms. The average molecular weight is 347 g/mol. The molecule has 0 amide bonds. The highest BCUT2D eigenvalue weighted by Crippen LogP contribution is 2.31. The molecule has 2 aromatic carbocycles. The van der Waals surface area contributed by atoms with Crippen molar-refractivity contribution in [3.05, 3.63) is 59.7 Å². The summed E-state index contributed by atoms with van der Waals surface area (Å²) in [4.78, 5) is 16.5. The van der Waals surface area contributed by atoms with Crippen LogP contribution >= 0.6 is 0 Å². The van der Waals surface area contributed by atoms with Crippen molar-refractivity contribution in [2.45, 2.75) is 40.0 Å². The molecule has 0 N–H and O–H groups in total. The molecule has 0 unspecified atom stereocenters. The first kappa shape index (κ1) is 18.1. The van der Waals surface area contributed by atoms with Crippen LogP contribution < -0.4 is 4.74 Å². The van der Waals surface area contributed by atoms with Crippen LogP contribution in [0.4, 0.5) is 0 Å². The van der Waals surface area contributed by atoms with E-state index in [0.29, 0.717) is 18.1 Å². The SMILES string of the molecule is CCOc1nc(-c2ccc(C(C)(C)C)cc2)cc2cc(C(C)=O)ccc12. The zero-order chi connectivity index (χ0) is 18.9. The minimum atomic E-state index is 0.0535. The molecule has 0 aliphatic rings. The molecule has 1 aromatic heterocycles. The van der Waals surface area contributed by atoms with Crippen LogP contribution in [-0.4, -0.2) is 17.4 Å². The number of nitrogens with zero attached hydrogens (tertiary/aromatic N) is 1. The Labute approximate surface area is 155 Å². The van der Waals surface area contributed by atoms with E-state index in [-0.39, 0.29) is 11.2 Å². The summed E-state index contributed by atoms with van der Waals surface area (Å²) in [7, 11) is 0. The van der Waals surface area contributed by atoms with Crippen molar-refractivity contribution in [2.75, 3.05) is 6.61 Å². The van der Waals surface area contributed by atoms with Gasteiger partial charge in [0.1, 0.15) is 0 Å². The van der Waals surface area contributed by atoms with E-state index in [2.05, 4.69) is 45.0 Å². The summed E-state index contributed by atoms with van der Waals surface area (Å²) < 4.78 is 5.76. The predicted molar refractivity (Wildman–Crippen MR) is 107 cm³/mol. The topological polar surface area (TPSA) is 39.2 Å². The molecule has 0 atom stereocenters. The Balaban J connectivity index is 2.14. The minimum absolute atomic E-state index is 0.0535. The molecule has 3 heteroatoms. The summed E-state index contributed by atoms with van der Waals surface area (Å²) in [6.07, 6.45) is 0. The molecule has 26 heavy (non-hydrogen) atoms. The van der Waals surface area contributed by atoms with Gasteiger partial charge in [-0.15, -0.1) is 0 Å². The van der Waals surface area contributed by atoms with Gasteiger partial charge in [-0.05, 0) is 48.4 Å². The van der Waals surface area contributed by atoms with Crippen molar-refractivity contribution in [2.24, 2.45) is 0 Å². The number of carbonyl (C=O) groups is 1. The molecule has 0 saturated carbocycles. The van der Waals surface area contributed by atoms with Crippen molar-refractivity contribution >= 4 is 16.6 Å². The van der Waals surface area contributed by atoms with Gasteiger partial charge in [0.2, 0.25) is 5.88 Å². The highest BCUT2D eigenvalue weighted by molar-refractivity contribution is 6.00. The van der Waals surface area contributed by atoms with Crippen LogP contribution in [0.2, 0.25) is 0 Å². The summed E-state index contributed by atoms with van der Waals surface area (Å²) in [6.45, 7) is 10.7. The summed E-state index contributed by atoms with van der Waals surface area (Å²) in [5, 5.41) is 1.89. The number of aromatic nitrogens is 1. The van der Waals surface area contributed by atoms with Gasteiger partial charge in [0.15, 0.2) is 5.78 Å². The van der Waals surface area contributed by atoms with Crippen LogP contribution in [0.3, 0.4) is 0 Å². The van der Waals surface area contributed by atoms with Crippen LogP contribution in [0.15, 0.2) is 48.5 Å². The summed E-state index contributed by atoms with van der Waals surface area (Å²) in [5.41, 5.74) is 3.98. The number of ketones is 1. The van der Waals surface area contributed by atoms with Gasteiger partial charge in [0.25, 0.3) is 0 Å². The molecule has 0 fully saturated rings. The third-order valence-corrected chi connectivity index (χ3v) is 4.53. The lowest BCUT2D eigenvalue weighted by Gasteiger charge is -2.19. The number of hydrogen-bond acceptors (Lipinski definition) is 3. The van der Waals surface area contributed by atoms with E-state index in [9.17, 15) is 4.79 Å². The Morgan fingerprint density at radius 2 is 1.73 bits per heavy atom. The van der Waals surface area contributed by atoms with E-state index in [0.717, 1.165) is 22.0 Å². The zero-order valence-corrected chi connectivity index (χ0v) is 16.1. The summed E-state index contributed by atoms with van der Waals surface area (Å²) >= 11 is 0. The average Bonchev–Trinajstić information content (AvgIpc) is 2.60. The first-order chi connectivity index (χ1) is 12.3. The van der Waals surface area contributed by atoms with Crippen molar-refractivity contribution in [3.8, 4) is 17.1 Å². The highest BCUT2D eigenvalue weighted by Gasteiger charge is 2.14. The third kappa shape index (κ3) is 3.62. The third-order valence-electron chi connectivity index (χ3n) is 4.53. The lowest BCUT2D eigenvalue weighted by atomic mass is 9.86. The number of hydrogen-bond donors (Lipinski definition) is 0. The second kappa shape index (κ2) is 6.91. The normalized spacial score (nSPS) is 11.6. The monoisotopic (exact) mass is 347 g/mol. The Morgan fingerprint density at radius 3 is 2.31 bits per heavy atom. The van der Waals surface area contributed by atoms with Gasteiger partial charge in [-0.2, -0.15) is 0 Å². The maximum Gasteiger partial charge on any atom is 0.221 e. The Hall–Kier alpha value is -2.68. The number of ether oxygens (including phenoxy) is 1. The quantitative estimate of drug-likeness (QED) is 0.560. The van der Waals surface area contributed by atoms with Crippen molar-refractivity contribution in [1.29, 1.82) is 0 Å². The number of carbonyl (C=O) groups excluding carboxylic acids is 1. The molecule has 0 bridgehead atoms. The van der Waals surface area contributed by atoms with Crippen LogP contribution in [-0.2, 0) is 5.41 Å². The lowest BCUT2D eigenvalue weighted by molar-refractivity contribution is 0.101. The zero-order valence-electron chi connectivity index (χ0n) is 16.1. The van der Waals surface area contributed by atoms with Crippen LogP contribution in [0.1, 0.15) is 50.5 Å². The summed E-state index contributed by atoms with van der Waals surface area (Å²) in [5.74, 6) is 0.660. The van der Waals surface area contributed by atoms with Crippen molar-refractivity contribution < 1.29 is 9.53 Å².